The zero-order valence-electron chi connectivity index (χ0n) is 11.2. The number of hydrogen-bond donors (Lipinski definition) is 0. The van der Waals surface area contributed by atoms with E-state index in [-0.39, 0.29) is 5.92 Å². The summed E-state index contributed by atoms with van der Waals surface area (Å²) in [5, 5.41) is 0. The molecule has 0 spiro atoms. The fraction of sp³-hybridized carbons (Fsp3) is 0.688. The minimum atomic E-state index is 0.199. The molecule has 0 aliphatic heterocycles. The lowest BCUT2D eigenvalue weighted by Crippen LogP contribution is -2.09. The minimum absolute atomic E-state index is 0.199. The van der Waals surface area contributed by atoms with Crippen LogP contribution in [-0.4, -0.2) is 5.78 Å². The molecule has 0 saturated carbocycles. The molecule has 1 rings (SSSR count). The molecule has 0 saturated heterocycles. The van der Waals surface area contributed by atoms with Crippen LogP contribution < -0.4 is 0 Å². The molecule has 1 nitrogen and oxygen atoms in total. The molecule has 1 heteroatoms. The summed E-state index contributed by atoms with van der Waals surface area (Å²) < 4.78 is 0. The number of ketones is 1. The molecular weight excluding hydrogens is 208 g/mol. The zero-order valence-corrected chi connectivity index (χ0v) is 11.2. The fourth-order valence-electron chi connectivity index (χ4n) is 2.14. The molecular formula is C16H26O. The molecule has 0 amide bonds. The number of carbonyl (C=O) groups excluding carboxylic acids is 1. The molecule has 0 fully saturated rings. The first-order valence-corrected chi connectivity index (χ1v) is 7.13. The number of Topliss-reactive ketones (excluding diaryl/α,β-unsaturated/α-hetero) is 1. The molecule has 1 aliphatic rings. The van der Waals surface area contributed by atoms with E-state index in [1.54, 1.807) is 0 Å². The van der Waals surface area contributed by atoms with Gasteiger partial charge in [0, 0.05) is 12.3 Å². The van der Waals surface area contributed by atoms with Gasteiger partial charge in [-0.1, -0.05) is 44.1 Å². The van der Waals surface area contributed by atoms with Gasteiger partial charge in [-0.2, -0.15) is 0 Å². The van der Waals surface area contributed by atoms with Crippen molar-refractivity contribution in [2.45, 2.75) is 64.7 Å². The highest BCUT2D eigenvalue weighted by Crippen LogP contribution is 2.12. The van der Waals surface area contributed by atoms with Crippen molar-refractivity contribution < 1.29 is 4.79 Å². The molecule has 0 aromatic rings. The lowest BCUT2D eigenvalue weighted by Gasteiger charge is -2.06. The quantitative estimate of drug-likeness (QED) is 0.549. The highest BCUT2D eigenvalue weighted by molar-refractivity contribution is 5.80. The smallest absolute Gasteiger partial charge is 0.136 e. The van der Waals surface area contributed by atoms with Crippen molar-refractivity contribution >= 4 is 5.78 Å². The first kappa shape index (κ1) is 14.2. The van der Waals surface area contributed by atoms with E-state index in [1.165, 1.54) is 38.5 Å². The summed E-state index contributed by atoms with van der Waals surface area (Å²) >= 11 is 0. The number of rotatable bonds is 0. The first-order chi connectivity index (χ1) is 8.30. The number of carbonyl (C=O) groups is 1. The van der Waals surface area contributed by atoms with Crippen molar-refractivity contribution in [1.29, 1.82) is 0 Å². The standard InChI is InChI=1S/C16H26O/c1-15-13-11-9-7-5-3-2-4-6-8-10-12-14-16(15)17/h8-11,15H,2-7,12-14H2,1H3/b10-8+,11-9+. The van der Waals surface area contributed by atoms with Gasteiger partial charge in [-0.15, -0.1) is 0 Å². The molecule has 0 radical (unpaired) electrons. The third kappa shape index (κ3) is 7.14. The van der Waals surface area contributed by atoms with E-state index in [0.29, 0.717) is 12.2 Å². The summed E-state index contributed by atoms with van der Waals surface area (Å²) in [4.78, 5) is 11.8. The lowest BCUT2D eigenvalue weighted by molar-refractivity contribution is -0.122. The second-order valence-electron chi connectivity index (χ2n) is 5.08. The molecule has 1 atom stereocenters. The Morgan fingerprint density at radius 1 is 0.882 bits per heavy atom. The summed E-state index contributed by atoms with van der Waals surface area (Å²) in [6.45, 7) is 2.05. The molecule has 96 valence electrons. The van der Waals surface area contributed by atoms with E-state index >= 15 is 0 Å². The Labute approximate surface area is 106 Å². The van der Waals surface area contributed by atoms with Crippen molar-refractivity contribution in [3.8, 4) is 0 Å². The van der Waals surface area contributed by atoms with Crippen molar-refractivity contribution in [2.75, 3.05) is 0 Å². The molecule has 0 bridgehead atoms. The van der Waals surface area contributed by atoms with Gasteiger partial charge < -0.3 is 0 Å². The van der Waals surface area contributed by atoms with Crippen LogP contribution >= 0.6 is 0 Å². The first-order valence-electron chi connectivity index (χ1n) is 7.13. The van der Waals surface area contributed by atoms with Crippen LogP contribution in [0.3, 0.4) is 0 Å². The van der Waals surface area contributed by atoms with Crippen LogP contribution in [0.4, 0.5) is 0 Å². The van der Waals surface area contributed by atoms with E-state index < -0.39 is 0 Å². The topological polar surface area (TPSA) is 17.1 Å². The Morgan fingerprint density at radius 2 is 1.47 bits per heavy atom. The predicted molar refractivity (Wildman–Crippen MR) is 74.0 cm³/mol. The zero-order chi connectivity index (χ0) is 12.3. The van der Waals surface area contributed by atoms with Crippen LogP contribution in [0, 0.1) is 5.92 Å². The van der Waals surface area contributed by atoms with E-state index in [2.05, 4.69) is 31.2 Å². The van der Waals surface area contributed by atoms with Crippen LogP contribution in [0.1, 0.15) is 64.7 Å². The maximum Gasteiger partial charge on any atom is 0.136 e. The minimum Gasteiger partial charge on any atom is -0.299 e. The Bertz CT molecular complexity index is 263. The third-order valence-corrected chi connectivity index (χ3v) is 3.42. The van der Waals surface area contributed by atoms with E-state index in [9.17, 15) is 4.79 Å². The molecule has 0 heterocycles. The van der Waals surface area contributed by atoms with Crippen molar-refractivity contribution in [1.82, 2.24) is 0 Å². The molecule has 0 aromatic carbocycles. The second-order valence-corrected chi connectivity index (χ2v) is 5.08. The highest BCUT2D eigenvalue weighted by atomic mass is 16.1. The van der Waals surface area contributed by atoms with Gasteiger partial charge in [-0.25, -0.2) is 0 Å². The van der Waals surface area contributed by atoms with Gasteiger partial charge >= 0.3 is 0 Å². The predicted octanol–water partition coefficient (Wildman–Crippen LogP) is 4.83. The van der Waals surface area contributed by atoms with Crippen LogP contribution in [0.5, 0.6) is 0 Å². The fourth-order valence-corrected chi connectivity index (χ4v) is 2.14. The molecule has 0 N–H and O–H groups in total. The summed E-state index contributed by atoms with van der Waals surface area (Å²) in [5.41, 5.74) is 0. The maximum atomic E-state index is 11.8. The summed E-state index contributed by atoms with van der Waals surface area (Å²) in [6.07, 6.45) is 19.1. The van der Waals surface area contributed by atoms with Gasteiger partial charge in [0.05, 0.1) is 0 Å². The van der Waals surface area contributed by atoms with Gasteiger partial charge in [0.2, 0.25) is 0 Å². The molecule has 0 aromatic heterocycles. The van der Waals surface area contributed by atoms with E-state index in [1.807, 2.05) is 0 Å². The molecule has 1 aliphatic carbocycles. The van der Waals surface area contributed by atoms with E-state index in [0.717, 1.165) is 12.8 Å². The Morgan fingerprint density at radius 3 is 2.18 bits per heavy atom. The Balaban J connectivity index is 2.39. The third-order valence-electron chi connectivity index (χ3n) is 3.42. The number of allylic oxidation sites excluding steroid dienone is 4. The van der Waals surface area contributed by atoms with Crippen molar-refractivity contribution in [2.24, 2.45) is 5.92 Å². The SMILES string of the molecule is CC1C/C=C/CCCCCC/C=C/CCC1=O. The molecule has 17 heavy (non-hydrogen) atoms. The highest BCUT2D eigenvalue weighted by Gasteiger charge is 2.09. The van der Waals surface area contributed by atoms with Crippen molar-refractivity contribution in [3.05, 3.63) is 24.3 Å². The number of hydrogen-bond acceptors (Lipinski definition) is 1. The Kier molecular flexibility index (Phi) is 7.70. The average molecular weight is 234 g/mol. The summed E-state index contributed by atoms with van der Waals surface area (Å²) in [6, 6.07) is 0. The van der Waals surface area contributed by atoms with Gasteiger partial charge in [-0.3, -0.25) is 4.79 Å². The van der Waals surface area contributed by atoms with Crippen LogP contribution in [0.15, 0.2) is 24.3 Å². The van der Waals surface area contributed by atoms with E-state index in [4.69, 9.17) is 0 Å². The summed E-state index contributed by atoms with van der Waals surface area (Å²) in [7, 11) is 0. The Hall–Kier alpha value is -0.850. The van der Waals surface area contributed by atoms with Crippen LogP contribution in [0.25, 0.3) is 0 Å². The monoisotopic (exact) mass is 234 g/mol. The lowest BCUT2D eigenvalue weighted by atomic mass is 9.98. The average Bonchev–Trinajstić information content (AvgIpc) is 2.34. The van der Waals surface area contributed by atoms with Gasteiger partial charge in [0.15, 0.2) is 0 Å². The van der Waals surface area contributed by atoms with Gasteiger partial charge in [-0.05, 0) is 38.5 Å². The van der Waals surface area contributed by atoms with Gasteiger partial charge in [0.25, 0.3) is 0 Å². The second kappa shape index (κ2) is 9.21. The van der Waals surface area contributed by atoms with Crippen LogP contribution in [0.2, 0.25) is 0 Å². The van der Waals surface area contributed by atoms with Gasteiger partial charge in [0.1, 0.15) is 5.78 Å². The maximum absolute atomic E-state index is 11.8. The van der Waals surface area contributed by atoms with Crippen LogP contribution in [-0.2, 0) is 4.79 Å². The normalized spacial score (nSPS) is 29.0. The van der Waals surface area contributed by atoms with Crippen molar-refractivity contribution in [3.63, 3.8) is 0 Å². The largest absolute Gasteiger partial charge is 0.299 e. The molecule has 1 unspecified atom stereocenters. The summed E-state index contributed by atoms with van der Waals surface area (Å²) in [5.74, 6) is 0.610.